The molecule has 1 fully saturated rings. The summed E-state index contributed by atoms with van der Waals surface area (Å²) in [5, 5.41) is 4.81. The minimum Gasteiger partial charge on any atom is -0.490 e. The number of thiocarbonyl (C=S) groups is 1. The van der Waals surface area contributed by atoms with Crippen LogP contribution in [-0.4, -0.2) is 36.7 Å². The number of amides is 2. The smallest absolute Gasteiger partial charge is 0.263 e. The standard InChI is InChI=1S/C23H23BrN2O5S/c1-4-29-19-12-15(10-17-21(27)25-23(32)26-22(17)28)11-18(24)20(19)31-8-7-30-16-6-5-13(2)14(3)9-16/h5-6,9-12H,4,7-8H2,1-3H3,(H2,25,26,27,28,32). The quantitative estimate of drug-likeness (QED) is 0.239. The van der Waals surface area contributed by atoms with Crippen molar-refractivity contribution >= 4 is 51.2 Å². The second kappa shape index (κ2) is 10.6. The van der Waals surface area contributed by atoms with Crippen LogP contribution in [0.1, 0.15) is 23.6 Å². The van der Waals surface area contributed by atoms with Crippen molar-refractivity contribution in [3.63, 3.8) is 0 Å². The van der Waals surface area contributed by atoms with Crippen LogP contribution < -0.4 is 24.8 Å². The molecule has 0 aromatic heterocycles. The van der Waals surface area contributed by atoms with Crippen molar-refractivity contribution < 1.29 is 23.8 Å². The van der Waals surface area contributed by atoms with E-state index in [1.54, 1.807) is 12.1 Å². The molecule has 1 saturated heterocycles. The van der Waals surface area contributed by atoms with E-state index in [9.17, 15) is 9.59 Å². The average Bonchev–Trinajstić information content (AvgIpc) is 2.72. The van der Waals surface area contributed by atoms with Gasteiger partial charge in [-0.25, -0.2) is 0 Å². The predicted octanol–water partition coefficient (Wildman–Crippen LogP) is 3.84. The van der Waals surface area contributed by atoms with Crippen LogP contribution in [0.2, 0.25) is 0 Å². The summed E-state index contributed by atoms with van der Waals surface area (Å²) >= 11 is 8.31. The molecule has 0 bridgehead atoms. The Morgan fingerprint density at radius 2 is 1.66 bits per heavy atom. The van der Waals surface area contributed by atoms with Crippen molar-refractivity contribution in [1.29, 1.82) is 0 Å². The Morgan fingerprint density at radius 1 is 0.969 bits per heavy atom. The largest absolute Gasteiger partial charge is 0.490 e. The van der Waals surface area contributed by atoms with Crippen LogP contribution in [-0.2, 0) is 9.59 Å². The fourth-order valence-electron chi connectivity index (χ4n) is 2.95. The predicted molar refractivity (Wildman–Crippen MR) is 129 cm³/mol. The van der Waals surface area contributed by atoms with E-state index < -0.39 is 11.8 Å². The summed E-state index contributed by atoms with van der Waals surface area (Å²) in [6.07, 6.45) is 1.46. The van der Waals surface area contributed by atoms with Crippen LogP contribution in [0, 0.1) is 13.8 Å². The number of ether oxygens (including phenoxy) is 3. The first-order chi connectivity index (χ1) is 15.3. The number of hydrogen-bond acceptors (Lipinski definition) is 6. The number of halogens is 1. The molecule has 0 radical (unpaired) electrons. The van der Waals surface area contributed by atoms with Gasteiger partial charge < -0.3 is 14.2 Å². The first-order valence-corrected chi connectivity index (χ1v) is 11.2. The number of nitrogens with one attached hydrogen (secondary N) is 2. The SMILES string of the molecule is CCOc1cc(C=C2C(=O)NC(=S)NC2=O)cc(Br)c1OCCOc1ccc(C)c(C)c1. The Hall–Kier alpha value is -2.91. The van der Waals surface area contributed by atoms with Gasteiger partial charge in [-0.2, -0.15) is 0 Å². The van der Waals surface area contributed by atoms with Gasteiger partial charge in [-0.05, 0) is 96.0 Å². The molecular weight excluding hydrogens is 496 g/mol. The van der Waals surface area contributed by atoms with E-state index in [0.29, 0.717) is 41.4 Å². The van der Waals surface area contributed by atoms with Crippen LogP contribution in [0.5, 0.6) is 17.2 Å². The molecule has 7 nitrogen and oxygen atoms in total. The Labute approximate surface area is 200 Å². The maximum Gasteiger partial charge on any atom is 0.263 e. The molecule has 0 unspecified atom stereocenters. The molecule has 32 heavy (non-hydrogen) atoms. The van der Waals surface area contributed by atoms with Crippen molar-refractivity contribution in [2.24, 2.45) is 0 Å². The van der Waals surface area contributed by atoms with E-state index in [2.05, 4.69) is 33.5 Å². The Kier molecular flexibility index (Phi) is 7.87. The van der Waals surface area contributed by atoms with Crippen LogP contribution >= 0.6 is 28.1 Å². The second-order valence-corrected chi connectivity index (χ2v) is 8.26. The Morgan fingerprint density at radius 3 is 2.31 bits per heavy atom. The van der Waals surface area contributed by atoms with Gasteiger partial charge >= 0.3 is 0 Å². The lowest BCUT2D eigenvalue weighted by atomic mass is 10.1. The van der Waals surface area contributed by atoms with Crippen LogP contribution in [0.25, 0.3) is 6.08 Å². The van der Waals surface area contributed by atoms with Gasteiger partial charge in [0.1, 0.15) is 24.5 Å². The molecule has 0 spiro atoms. The normalized spacial score (nSPS) is 13.4. The van der Waals surface area contributed by atoms with Gasteiger partial charge in [0.25, 0.3) is 11.8 Å². The molecule has 0 atom stereocenters. The minimum absolute atomic E-state index is 0.0138. The highest BCUT2D eigenvalue weighted by molar-refractivity contribution is 9.10. The Balaban J connectivity index is 1.73. The third-order valence-corrected chi connectivity index (χ3v) is 5.46. The van der Waals surface area contributed by atoms with Gasteiger partial charge in [0.2, 0.25) is 0 Å². The summed E-state index contributed by atoms with van der Waals surface area (Å²) < 4.78 is 18.0. The van der Waals surface area contributed by atoms with E-state index in [1.165, 1.54) is 11.6 Å². The van der Waals surface area contributed by atoms with Gasteiger partial charge in [0, 0.05) is 0 Å². The molecule has 3 rings (SSSR count). The van der Waals surface area contributed by atoms with Crippen molar-refractivity contribution in [1.82, 2.24) is 10.6 Å². The highest BCUT2D eigenvalue weighted by atomic mass is 79.9. The van der Waals surface area contributed by atoms with Gasteiger partial charge in [0.15, 0.2) is 16.6 Å². The van der Waals surface area contributed by atoms with Crippen LogP contribution in [0.4, 0.5) is 0 Å². The summed E-state index contributed by atoms with van der Waals surface area (Å²) in [6.45, 7) is 7.01. The van der Waals surface area contributed by atoms with Crippen LogP contribution in [0.15, 0.2) is 40.4 Å². The molecular formula is C23H23BrN2O5S. The number of aryl methyl sites for hydroxylation is 2. The number of carbonyl (C=O) groups is 2. The maximum atomic E-state index is 12.1. The molecule has 168 valence electrons. The van der Waals surface area contributed by atoms with Crippen molar-refractivity contribution in [3.05, 3.63) is 57.1 Å². The zero-order chi connectivity index (χ0) is 23.3. The lowest BCUT2D eigenvalue weighted by Gasteiger charge is -2.17. The first kappa shape index (κ1) is 23.7. The Bertz CT molecular complexity index is 1080. The van der Waals surface area contributed by atoms with E-state index in [4.69, 9.17) is 26.4 Å². The van der Waals surface area contributed by atoms with Crippen molar-refractivity contribution in [2.75, 3.05) is 19.8 Å². The first-order valence-electron chi connectivity index (χ1n) is 9.96. The number of rotatable bonds is 8. The number of hydrogen-bond donors (Lipinski definition) is 2. The van der Waals surface area contributed by atoms with Crippen LogP contribution in [0.3, 0.4) is 0 Å². The summed E-state index contributed by atoms with van der Waals surface area (Å²) in [5.74, 6) is 0.656. The molecule has 0 aliphatic carbocycles. The van der Waals surface area contributed by atoms with Gasteiger partial charge in [0.05, 0.1) is 11.1 Å². The van der Waals surface area contributed by atoms with Gasteiger partial charge in [-0.3, -0.25) is 20.2 Å². The molecule has 9 heteroatoms. The van der Waals surface area contributed by atoms with E-state index in [1.807, 2.05) is 32.0 Å². The lowest BCUT2D eigenvalue weighted by Crippen LogP contribution is -2.51. The third-order valence-electron chi connectivity index (χ3n) is 4.66. The lowest BCUT2D eigenvalue weighted by molar-refractivity contribution is -0.123. The zero-order valence-corrected chi connectivity index (χ0v) is 20.3. The monoisotopic (exact) mass is 518 g/mol. The summed E-state index contributed by atoms with van der Waals surface area (Å²) in [5.41, 5.74) is 2.91. The fourth-order valence-corrected chi connectivity index (χ4v) is 3.71. The summed E-state index contributed by atoms with van der Waals surface area (Å²) in [6, 6.07) is 9.37. The topological polar surface area (TPSA) is 85.9 Å². The zero-order valence-electron chi connectivity index (χ0n) is 17.9. The molecule has 1 aliphatic heterocycles. The molecule has 1 heterocycles. The maximum absolute atomic E-state index is 12.1. The fraction of sp³-hybridized carbons (Fsp3) is 0.261. The summed E-state index contributed by atoms with van der Waals surface area (Å²) in [4.78, 5) is 24.2. The number of benzene rings is 2. The molecule has 2 N–H and O–H groups in total. The van der Waals surface area contributed by atoms with Gasteiger partial charge in [-0.15, -0.1) is 0 Å². The molecule has 1 aliphatic rings. The second-order valence-electron chi connectivity index (χ2n) is 7.00. The van der Waals surface area contributed by atoms with E-state index >= 15 is 0 Å². The van der Waals surface area contributed by atoms with E-state index in [-0.39, 0.29) is 10.7 Å². The highest BCUT2D eigenvalue weighted by Gasteiger charge is 2.26. The van der Waals surface area contributed by atoms with Gasteiger partial charge in [-0.1, -0.05) is 6.07 Å². The average molecular weight is 519 g/mol. The van der Waals surface area contributed by atoms with Crippen molar-refractivity contribution in [2.45, 2.75) is 20.8 Å². The molecule has 0 saturated carbocycles. The van der Waals surface area contributed by atoms with E-state index in [0.717, 1.165) is 11.3 Å². The molecule has 2 amide bonds. The summed E-state index contributed by atoms with van der Waals surface area (Å²) in [7, 11) is 0. The minimum atomic E-state index is -0.559. The van der Waals surface area contributed by atoms with Crippen molar-refractivity contribution in [3.8, 4) is 17.2 Å². The molecule has 2 aromatic rings. The number of carbonyl (C=O) groups excluding carboxylic acids is 2. The highest BCUT2D eigenvalue weighted by Crippen LogP contribution is 2.37. The third kappa shape index (κ3) is 5.86. The molecule has 2 aromatic carbocycles.